The number of benzene rings is 2. The zero-order valence-corrected chi connectivity index (χ0v) is 18.4. The predicted octanol–water partition coefficient (Wildman–Crippen LogP) is 4.13. The standard InChI is InChI=1S/C22H24N2O9/c1-22(2,3)33-20(26)23-13-12-19(25)31-17-8-4-15(5-9-17)14-30-21(27)32-18-10-6-16(7-11-18)24(28)29/h4-11H,12-14H2,1-3H3,(H,23,26). The molecule has 0 atom stereocenters. The van der Waals surface area contributed by atoms with Crippen LogP contribution in [0.2, 0.25) is 0 Å². The molecule has 11 nitrogen and oxygen atoms in total. The molecule has 0 aliphatic rings. The molecule has 0 radical (unpaired) electrons. The first kappa shape index (κ1) is 25.1. The number of carbonyl (C=O) groups excluding carboxylic acids is 3. The first-order valence-corrected chi connectivity index (χ1v) is 9.87. The summed E-state index contributed by atoms with van der Waals surface area (Å²) in [5, 5.41) is 13.1. The van der Waals surface area contributed by atoms with E-state index in [0.29, 0.717) is 5.56 Å². The molecule has 0 saturated carbocycles. The van der Waals surface area contributed by atoms with Gasteiger partial charge in [-0.2, -0.15) is 0 Å². The number of nitro groups is 1. The molecular weight excluding hydrogens is 436 g/mol. The van der Waals surface area contributed by atoms with Crippen molar-refractivity contribution in [3.8, 4) is 11.5 Å². The molecular formula is C22H24N2O9. The summed E-state index contributed by atoms with van der Waals surface area (Å²) in [6, 6.07) is 11.2. The Morgan fingerprint density at radius 3 is 2.09 bits per heavy atom. The van der Waals surface area contributed by atoms with Crippen LogP contribution < -0.4 is 14.8 Å². The normalized spacial score (nSPS) is 10.6. The van der Waals surface area contributed by atoms with Crippen LogP contribution in [0.3, 0.4) is 0 Å². The number of hydrogen-bond acceptors (Lipinski definition) is 9. The van der Waals surface area contributed by atoms with Crippen LogP contribution in [0, 0.1) is 10.1 Å². The Balaban J connectivity index is 1.71. The van der Waals surface area contributed by atoms with E-state index >= 15 is 0 Å². The van der Waals surface area contributed by atoms with Gasteiger partial charge in [0.25, 0.3) is 5.69 Å². The molecule has 0 aliphatic heterocycles. The number of nitro benzene ring substituents is 1. The van der Waals surface area contributed by atoms with Crippen molar-refractivity contribution < 1.29 is 38.3 Å². The second kappa shape index (κ2) is 11.5. The molecule has 0 aromatic heterocycles. The van der Waals surface area contributed by atoms with Gasteiger partial charge in [-0.05, 0) is 50.6 Å². The third-order valence-corrected chi connectivity index (χ3v) is 3.76. The van der Waals surface area contributed by atoms with Crippen molar-refractivity contribution >= 4 is 23.9 Å². The first-order valence-electron chi connectivity index (χ1n) is 9.87. The Bertz CT molecular complexity index is 980. The molecule has 11 heteroatoms. The molecule has 1 amide bonds. The summed E-state index contributed by atoms with van der Waals surface area (Å²) in [7, 11) is 0. The fourth-order valence-corrected chi connectivity index (χ4v) is 2.32. The van der Waals surface area contributed by atoms with E-state index in [1.54, 1.807) is 32.9 Å². The van der Waals surface area contributed by atoms with Gasteiger partial charge in [0.2, 0.25) is 0 Å². The van der Waals surface area contributed by atoms with Crippen LogP contribution in [-0.4, -0.2) is 35.3 Å². The lowest BCUT2D eigenvalue weighted by molar-refractivity contribution is -0.384. The lowest BCUT2D eigenvalue weighted by Crippen LogP contribution is -2.34. The predicted molar refractivity (Wildman–Crippen MR) is 115 cm³/mol. The van der Waals surface area contributed by atoms with Crippen molar-refractivity contribution in [1.29, 1.82) is 0 Å². The van der Waals surface area contributed by atoms with Crippen LogP contribution in [0.1, 0.15) is 32.8 Å². The van der Waals surface area contributed by atoms with E-state index in [2.05, 4.69) is 5.32 Å². The summed E-state index contributed by atoms with van der Waals surface area (Å²) in [5.41, 5.74) is -0.143. The van der Waals surface area contributed by atoms with E-state index in [0.717, 1.165) is 0 Å². The molecule has 0 spiro atoms. The Hall–Kier alpha value is -4.15. The fraction of sp³-hybridized carbons (Fsp3) is 0.318. The van der Waals surface area contributed by atoms with Crippen molar-refractivity contribution in [2.45, 2.75) is 39.4 Å². The van der Waals surface area contributed by atoms with E-state index in [9.17, 15) is 24.5 Å². The molecule has 0 bridgehead atoms. The van der Waals surface area contributed by atoms with E-state index in [4.69, 9.17) is 18.9 Å². The van der Waals surface area contributed by atoms with Crippen LogP contribution in [0.4, 0.5) is 15.3 Å². The monoisotopic (exact) mass is 460 g/mol. The van der Waals surface area contributed by atoms with E-state index in [1.165, 1.54) is 36.4 Å². The molecule has 1 N–H and O–H groups in total. The minimum atomic E-state index is -0.975. The molecule has 0 heterocycles. The Morgan fingerprint density at radius 2 is 1.52 bits per heavy atom. The number of rotatable bonds is 8. The van der Waals surface area contributed by atoms with Gasteiger partial charge in [0.1, 0.15) is 23.7 Å². The molecule has 2 aromatic carbocycles. The average molecular weight is 460 g/mol. The van der Waals surface area contributed by atoms with Crippen LogP contribution in [0.25, 0.3) is 0 Å². The molecule has 0 aliphatic carbocycles. The fourth-order valence-electron chi connectivity index (χ4n) is 2.32. The van der Waals surface area contributed by atoms with E-state index < -0.39 is 28.7 Å². The van der Waals surface area contributed by atoms with Crippen molar-refractivity contribution in [2.24, 2.45) is 0 Å². The summed E-state index contributed by atoms with van der Waals surface area (Å²) in [5.74, 6) is -0.148. The molecule has 0 unspecified atom stereocenters. The Kier molecular flexibility index (Phi) is 8.72. The number of ether oxygens (including phenoxy) is 4. The van der Waals surface area contributed by atoms with Gasteiger partial charge < -0.3 is 24.3 Å². The number of non-ortho nitro benzene ring substituents is 1. The molecule has 2 aromatic rings. The quantitative estimate of drug-likeness (QED) is 0.202. The van der Waals surface area contributed by atoms with Gasteiger partial charge in [0, 0.05) is 18.7 Å². The lowest BCUT2D eigenvalue weighted by Gasteiger charge is -2.19. The highest BCUT2D eigenvalue weighted by atomic mass is 16.7. The smallest absolute Gasteiger partial charge is 0.444 e. The number of nitrogens with one attached hydrogen (secondary N) is 1. The topological polar surface area (TPSA) is 143 Å². The first-order chi connectivity index (χ1) is 15.5. The average Bonchev–Trinajstić information content (AvgIpc) is 2.72. The van der Waals surface area contributed by atoms with Crippen molar-refractivity contribution in [2.75, 3.05) is 6.54 Å². The maximum absolute atomic E-state index is 11.9. The maximum atomic E-state index is 11.9. The Morgan fingerprint density at radius 1 is 0.939 bits per heavy atom. The maximum Gasteiger partial charge on any atom is 0.514 e. The van der Waals surface area contributed by atoms with Gasteiger partial charge in [-0.1, -0.05) is 12.1 Å². The van der Waals surface area contributed by atoms with E-state index in [1.807, 2.05) is 0 Å². The second-order valence-electron chi connectivity index (χ2n) is 7.69. The largest absolute Gasteiger partial charge is 0.514 e. The molecule has 0 saturated heterocycles. The zero-order chi connectivity index (χ0) is 24.4. The van der Waals surface area contributed by atoms with Crippen LogP contribution in [0.5, 0.6) is 11.5 Å². The summed E-state index contributed by atoms with van der Waals surface area (Å²) in [6.45, 7) is 5.17. The molecule has 33 heavy (non-hydrogen) atoms. The van der Waals surface area contributed by atoms with Crippen molar-refractivity contribution in [1.82, 2.24) is 5.32 Å². The van der Waals surface area contributed by atoms with Crippen molar-refractivity contribution in [3.63, 3.8) is 0 Å². The van der Waals surface area contributed by atoms with Gasteiger partial charge >= 0.3 is 18.2 Å². The van der Waals surface area contributed by atoms with Crippen LogP contribution >= 0.6 is 0 Å². The summed E-state index contributed by atoms with van der Waals surface area (Å²) in [4.78, 5) is 45.2. The minimum Gasteiger partial charge on any atom is -0.444 e. The summed E-state index contributed by atoms with van der Waals surface area (Å²) < 4.78 is 20.2. The highest BCUT2D eigenvalue weighted by Crippen LogP contribution is 2.18. The van der Waals surface area contributed by atoms with Crippen LogP contribution in [0.15, 0.2) is 48.5 Å². The van der Waals surface area contributed by atoms with Gasteiger partial charge in [0.05, 0.1) is 11.3 Å². The number of alkyl carbamates (subject to hydrolysis) is 1. The number of amides is 1. The molecule has 0 fully saturated rings. The lowest BCUT2D eigenvalue weighted by atomic mass is 10.2. The Labute approximate surface area is 189 Å². The number of nitrogens with zero attached hydrogens (tertiary/aromatic N) is 1. The van der Waals surface area contributed by atoms with Crippen molar-refractivity contribution in [3.05, 3.63) is 64.2 Å². The number of carbonyl (C=O) groups is 3. The minimum absolute atomic E-state index is 0.0431. The zero-order valence-electron chi connectivity index (χ0n) is 18.4. The summed E-state index contributed by atoms with van der Waals surface area (Å²) >= 11 is 0. The third-order valence-electron chi connectivity index (χ3n) is 3.76. The van der Waals surface area contributed by atoms with Gasteiger partial charge in [0.15, 0.2) is 0 Å². The number of hydrogen-bond donors (Lipinski definition) is 1. The highest BCUT2D eigenvalue weighted by Gasteiger charge is 2.16. The highest BCUT2D eigenvalue weighted by molar-refractivity contribution is 5.74. The SMILES string of the molecule is CC(C)(C)OC(=O)NCCC(=O)Oc1ccc(COC(=O)Oc2ccc([N+](=O)[O-])cc2)cc1. The van der Waals surface area contributed by atoms with Gasteiger partial charge in [-0.3, -0.25) is 14.9 Å². The van der Waals surface area contributed by atoms with E-state index in [-0.39, 0.29) is 36.8 Å². The molecule has 2 rings (SSSR count). The number of esters is 1. The van der Waals surface area contributed by atoms with Gasteiger partial charge in [-0.15, -0.1) is 0 Å². The molecule has 176 valence electrons. The third kappa shape index (κ3) is 9.68. The van der Waals surface area contributed by atoms with Gasteiger partial charge in [-0.25, -0.2) is 9.59 Å². The summed E-state index contributed by atoms with van der Waals surface area (Å²) in [6.07, 6.45) is -1.64. The second-order valence-corrected chi connectivity index (χ2v) is 7.69. The van der Waals surface area contributed by atoms with Crippen LogP contribution in [-0.2, 0) is 20.9 Å².